The number of hydrogen-bond donors (Lipinski definition) is 0. The fraction of sp³-hybridized carbons (Fsp3) is 0.375. The molecule has 0 radical (unpaired) electrons. The average Bonchev–Trinajstić information content (AvgIpc) is 2.01. The third-order valence-corrected chi connectivity index (χ3v) is 1.64. The zero-order valence-electron chi connectivity index (χ0n) is 7.14. The van der Waals surface area contributed by atoms with Gasteiger partial charge >= 0.3 is 0 Å². The van der Waals surface area contributed by atoms with Gasteiger partial charge < -0.3 is 4.74 Å². The molecule has 0 aliphatic heterocycles. The lowest BCUT2D eigenvalue weighted by atomic mass is 10.2. The molecule has 1 aromatic heterocycles. The first-order valence-corrected chi connectivity index (χ1v) is 3.91. The first-order valence-electron chi connectivity index (χ1n) is 3.53. The van der Waals surface area contributed by atoms with E-state index in [9.17, 15) is 8.78 Å². The van der Waals surface area contributed by atoms with Crippen molar-refractivity contribution in [2.45, 2.75) is 12.8 Å². The molecule has 0 aliphatic rings. The van der Waals surface area contributed by atoms with Crippen molar-refractivity contribution in [3.63, 3.8) is 0 Å². The number of hydrogen-bond acceptors (Lipinski definition) is 2. The van der Waals surface area contributed by atoms with E-state index in [1.165, 1.54) is 13.2 Å². The van der Waals surface area contributed by atoms with Crippen molar-refractivity contribution in [1.29, 1.82) is 0 Å². The molecule has 0 saturated heterocycles. The van der Waals surface area contributed by atoms with Gasteiger partial charge in [0.25, 0.3) is 5.92 Å². The SMILES string of the molecule is COc1cc(Cl)cc(C(C)(F)F)n1. The average molecular weight is 208 g/mol. The summed E-state index contributed by atoms with van der Waals surface area (Å²) in [6.45, 7) is 0.755. The van der Waals surface area contributed by atoms with Crippen LogP contribution in [0.5, 0.6) is 5.88 Å². The van der Waals surface area contributed by atoms with Gasteiger partial charge in [-0.05, 0) is 6.07 Å². The van der Waals surface area contributed by atoms with Gasteiger partial charge in [0, 0.05) is 18.0 Å². The van der Waals surface area contributed by atoms with E-state index in [0.717, 1.165) is 13.0 Å². The number of aromatic nitrogens is 1. The number of alkyl halides is 2. The molecule has 1 aromatic rings. The predicted molar refractivity (Wildman–Crippen MR) is 45.4 cm³/mol. The molecule has 0 saturated carbocycles. The Balaban J connectivity index is 3.16. The summed E-state index contributed by atoms with van der Waals surface area (Å²) in [5.74, 6) is -2.91. The van der Waals surface area contributed by atoms with Gasteiger partial charge in [-0.25, -0.2) is 4.98 Å². The summed E-state index contributed by atoms with van der Waals surface area (Å²) in [7, 11) is 1.34. The maximum atomic E-state index is 12.8. The van der Waals surface area contributed by atoms with Crippen LogP contribution in [-0.2, 0) is 5.92 Å². The van der Waals surface area contributed by atoms with Gasteiger partial charge in [-0.2, -0.15) is 8.78 Å². The smallest absolute Gasteiger partial charge is 0.287 e. The maximum absolute atomic E-state index is 12.8. The minimum atomic E-state index is -3.00. The Bertz CT molecular complexity index is 312. The van der Waals surface area contributed by atoms with E-state index in [-0.39, 0.29) is 10.9 Å². The van der Waals surface area contributed by atoms with Crippen molar-refractivity contribution in [1.82, 2.24) is 4.98 Å². The fourth-order valence-electron chi connectivity index (χ4n) is 0.803. The summed E-state index contributed by atoms with van der Waals surface area (Å²) in [6, 6.07) is 2.49. The van der Waals surface area contributed by atoms with Crippen LogP contribution in [0.25, 0.3) is 0 Å². The zero-order chi connectivity index (χ0) is 10.1. The van der Waals surface area contributed by atoms with E-state index in [0.29, 0.717) is 0 Å². The molecular formula is C8H8ClF2NO. The summed E-state index contributed by atoms with van der Waals surface area (Å²) >= 11 is 5.58. The van der Waals surface area contributed by atoms with Crippen molar-refractivity contribution >= 4 is 11.6 Å². The van der Waals surface area contributed by atoms with Crippen LogP contribution in [0.15, 0.2) is 12.1 Å². The number of rotatable bonds is 2. The summed E-state index contributed by atoms with van der Waals surface area (Å²) < 4.78 is 30.3. The first-order chi connectivity index (χ1) is 5.93. The molecule has 0 aromatic carbocycles. The van der Waals surface area contributed by atoms with Crippen LogP contribution in [0.3, 0.4) is 0 Å². The predicted octanol–water partition coefficient (Wildman–Crippen LogP) is 2.86. The Labute approximate surface area is 79.5 Å². The van der Waals surface area contributed by atoms with Gasteiger partial charge in [-0.15, -0.1) is 0 Å². The second kappa shape index (κ2) is 3.46. The van der Waals surface area contributed by atoms with Gasteiger partial charge in [0.15, 0.2) is 0 Å². The van der Waals surface area contributed by atoms with Gasteiger partial charge in [0.05, 0.1) is 7.11 Å². The van der Waals surface area contributed by atoms with Crippen LogP contribution in [0, 0.1) is 0 Å². The van der Waals surface area contributed by atoms with E-state index in [2.05, 4.69) is 4.98 Å². The van der Waals surface area contributed by atoms with E-state index in [1.54, 1.807) is 0 Å². The second-order valence-corrected chi connectivity index (χ2v) is 3.04. The lowest BCUT2D eigenvalue weighted by Gasteiger charge is -2.10. The number of ether oxygens (including phenoxy) is 1. The number of methoxy groups -OCH3 is 1. The quantitative estimate of drug-likeness (QED) is 0.744. The Morgan fingerprint density at radius 3 is 2.54 bits per heavy atom. The zero-order valence-corrected chi connectivity index (χ0v) is 7.90. The molecule has 72 valence electrons. The Morgan fingerprint density at radius 2 is 2.08 bits per heavy atom. The molecule has 0 aliphatic carbocycles. The lowest BCUT2D eigenvalue weighted by Crippen LogP contribution is -2.10. The van der Waals surface area contributed by atoms with Gasteiger partial charge in [-0.1, -0.05) is 11.6 Å². The van der Waals surface area contributed by atoms with Crippen molar-refractivity contribution in [2.75, 3.05) is 7.11 Å². The highest BCUT2D eigenvalue weighted by atomic mass is 35.5. The highest BCUT2D eigenvalue weighted by Crippen LogP contribution is 2.29. The Morgan fingerprint density at radius 1 is 1.46 bits per heavy atom. The van der Waals surface area contributed by atoms with Gasteiger partial charge in [0.1, 0.15) is 5.69 Å². The van der Waals surface area contributed by atoms with Crippen LogP contribution in [-0.4, -0.2) is 12.1 Å². The minimum Gasteiger partial charge on any atom is -0.481 e. The first kappa shape index (κ1) is 10.2. The molecule has 0 amide bonds. The maximum Gasteiger partial charge on any atom is 0.287 e. The highest BCUT2D eigenvalue weighted by Gasteiger charge is 2.27. The molecule has 1 heterocycles. The standard InChI is InChI=1S/C8H8ClF2NO/c1-8(10,11)6-3-5(9)4-7(12-6)13-2/h3-4H,1-2H3. The third-order valence-electron chi connectivity index (χ3n) is 1.43. The lowest BCUT2D eigenvalue weighted by molar-refractivity contribution is 0.0122. The van der Waals surface area contributed by atoms with Crippen molar-refractivity contribution in [3.05, 3.63) is 22.8 Å². The van der Waals surface area contributed by atoms with E-state index in [4.69, 9.17) is 16.3 Å². The van der Waals surface area contributed by atoms with Gasteiger partial charge in [0.2, 0.25) is 5.88 Å². The van der Waals surface area contributed by atoms with Crippen molar-refractivity contribution in [2.24, 2.45) is 0 Å². The van der Waals surface area contributed by atoms with Crippen molar-refractivity contribution in [3.8, 4) is 5.88 Å². The van der Waals surface area contributed by atoms with Crippen LogP contribution in [0.1, 0.15) is 12.6 Å². The largest absolute Gasteiger partial charge is 0.481 e. The Kier molecular flexibility index (Phi) is 2.71. The fourth-order valence-corrected chi connectivity index (χ4v) is 1.000. The molecular weight excluding hydrogens is 200 g/mol. The van der Waals surface area contributed by atoms with E-state index in [1.807, 2.05) is 0 Å². The summed E-state index contributed by atoms with van der Waals surface area (Å²) in [4.78, 5) is 3.57. The molecule has 0 atom stereocenters. The molecule has 0 bridgehead atoms. The van der Waals surface area contributed by atoms with Crippen LogP contribution in [0.4, 0.5) is 8.78 Å². The molecule has 0 unspecified atom stereocenters. The molecule has 13 heavy (non-hydrogen) atoms. The molecule has 0 N–H and O–H groups in total. The molecule has 0 fully saturated rings. The molecule has 5 heteroatoms. The monoisotopic (exact) mass is 207 g/mol. The summed E-state index contributed by atoms with van der Waals surface area (Å²) in [5, 5.41) is 0.184. The third kappa shape index (κ3) is 2.52. The van der Waals surface area contributed by atoms with E-state index >= 15 is 0 Å². The van der Waals surface area contributed by atoms with E-state index < -0.39 is 11.6 Å². The molecule has 0 spiro atoms. The Hall–Kier alpha value is -0.900. The normalized spacial score (nSPS) is 11.5. The number of nitrogens with zero attached hydrogens (tertiary/aromatic N) is 1. The second-order valence-electron chi connectivity index (χ2n) is 2.60. The van der Waals surface area contributed by atoms with Gasteiger partial charge in [-0.3, -0.25) is 0 Å². The minimum absolute atomic E-state index is 0.0871. The highest BCUT2D eigenvalue weighted by molar-refractivity contribution is 6.30. The number of halogens is 3. The molecule has 2 nitrogen and oxygen atoms in total. The van der Waals surface area contributed by atoms with Crippen LogP contribution < -0.4 is 4.74 Å². The molecule has 1 rings (SSSR count). The topological polar surface area (TPSA) is 22.1 Å². The van der Waals surface area contributed by atoms with Crippen molar-refractivity contribution < 1.29 is 13.5 Å². The van der Waals surface area contributed by atoms with Crippen LogP contribution >= 0.6 is 11.6 Å². The van der Waals surface area contributed by atoms with Crippen LogP contribution in [0.2, 0.25) is 5.02 Å². The summed E-state index contributed by atoms with van der Waals surface area (Å²) in [5.41, 5.74) is -0.392. The number of pyridine rings is 1. The summed E-state index contributed by atoms with van der Waals surface area (Å²) in [6.07, 6.45) is 0.